The predicted molar refractivity (Wildman–Crippen MR) is 137 cm³/mol. The van der Waals surface area contributed by atoms with Gasteiger partial charge in [-0.15, -0.1) is 0 Å². The number of hydrogen-bond acceptors (Lipinski definition) is 3. The number of hydrogen-bond donors (Lipinski definition) is 1. The van der Waals surface area contributed by atoms with Gasteiger partial charge in [0.25, 0.3) is 0 Å². The largest absolute Gasteiger partial charge is 0.457 e. The molecule has 34 heavy (non-hydrogen) atoms. The van der Waals surface area contributed by atoms with Crippen LogP contribution in [0.5, 0.6) is 11.5 Å². The quantitative estimate of drug-likeness (QED) is 0.471. The summed E-state index contributed by atoms with van der Waals surface area (Å²) in [5.41, 5.74) is 4.04. The average Bonchev–Trinajstić information content (AvgIpc) is 3.21. The lowest BCUT2D eigenvalue weighted by Gasteiger charge is -2.20. The maximum atomic E-state index is 12.9. The van der Waals surface area contributed by atoms with Gasteiger partial charge in [0.2, 0.25) is 11.8 Å². The van der Waals surface area contributed by atoms with Crippen LogP contribution < -0.4 is 15.0 Å². The summed E-state index contributed by atoms with van der Waals surface area (Å²) >= 11 is 0. The fraction of sp³-hybridized carbons (Fsp3) is 0.310. The van der Waals surface area contributed by atoms with E-state index in [4.69, 9.17) is 4.74 Å². The SMILES string of the molecule is CCc1ccccc1N1C[C@@H](C(=O)Nc2ccc(Oc3ccc(C(C)(C)C)cc3)cc2)CC1=O. The fourth-order valence-electron chi connectivity index (χ4n) is 4.20. The Hall–Kier alpha value is -3.60. The second kappa shape index (κ2) is 9.72. The first kappa shape index (κ1) is 23.6. The van der Waals surface area contributed by atoms with E-state index in [9.17, 15) is 9.59 Å². The molecule has 1 aliphatic heterocycles. The number of carbonyl (C=O) groups excluding carboxylic acids is 2. The molecule has 0 bridgehead atoms. The molecule has 0 radical (unpaired) electrons. The first-order valence-electron chi connectivity index (χ1n) is 11.8. The maximum Gasteiger partial charge on any atom is 0.229 e. The fourth-order valence-corrected chi connectivity index (χ4v) is 4.20. The van der Waals surface area contributed by atoms with Crippen molar-refractivity contribution < 1.29 is 14.3 Å². The van der Waals surface area contributed by atoms with E-state index in [1.807, 2.05) is 60.7 Å². The minimum absolute atomic E-state index is 0.0118. The van der Waals surface area contributed by atoms with Crippen molar-refractivity contribution in [3.8, 4) is 11.5 Å². The number of rotatable bonds is 6. The van der Waals surface area contributed by atoms with Crippen LogP contribution >= 0.6 is 0 Å². The molecule has 1 fully saturated rings. The van der Waals surface area contributed by atoms with Crippen LogP contribution in [0.3, 0.4) is 0 Å². The van der Waals surface area contributed by atoms with Gasteiger partial charge in [-0.25, -0.2) is 0 Å². The van der Waals surface area contributed by atoms with Crippen LogP contribution in [-0.4, -0.2) is 18.4 Å². The molecule has 1 atom stereocenters. The number of amides is 2. The molecule has 1 saturated heterocycles. The monoisotopic (exact) mass is 456 g/mol. The van der Waals surface area contributed by atoms with E-state index in [0.29, 0.717) is 18.0 Å². The summed E-state index contributed by atoms with van der Waals surface area (Å²) in [4.78, 5) is 27.2. The number of carbonyl (C=O) groups is 2. The second-order valence-corrected chi connectivity index (χ2v) is 9.78. The van der Waals surface area contributed by atoms with Gasteiger partial charge in [-0.3, -0.25) is 9.59 Å². The molecule has 0 aromatic heterocycles. The zero-order valence-corrected chi connectivity index (χ0v) is 20.3. The van der Waals surface area contributed by atoms with E-state index in [-0.39, 0.29) is 29.6 Å². The zero-order chi connectivity index (χ0) is 24.3. The van der Waals surface area contributed by atoms with E-state index in [1.54, 1.807) is 4.90 Å². The Morgan fingerprint density at radius 3 is 2.21 bits per heavy atom. The van der Waals surface area contributed by atoms with Crippen LogP contribution in [0.25, 0.3) is 0 Å². The molecule has 3 aromatic rings. The van der Waals surface area contributed by atoms with E-state index >= 15 is 0 Å². The first-order valence-corrected chi connectivity index (χ1v) is 11.8. The van der Waals surface area contributed by atoms with Crippen molar-refractivity contribution in [1.82, 2.24) is 0 Å². The topological polar surface area (TPSA) is 58.6 Å². The Morgan fingerprint density at radius 2 is 1.59 bits per heavy atom. The molecule has 1 heterocycles. The summed E-state index contributed by atoms with van der Waals surface area (Å²) in [6.45, 7) is 9.00. The number of para-hydroxylation sites is 1. The number of nitrogens with one attached hydrogen (secondary N) is 1. The van der Waals surface area contributed by atoms with Gasteiger partial charge in [0.15, 0.2) is 0 Å². The van der Waals surface area contributed by atoms with Gasteiger partial charge < -0.3 is 15.0 Å². The predicted octanol–water partition coefficient (Wildman–Crippen LogP) is 6.33. The lowest BCUT2D eigenvalue weighted by molar-refractivity contribution is -0.122. The Labute approximate surface area is 201 Å². The number of anilines is 2. The van der Waals surface area contributed by atoms with Crippen molar-refractivity contribution in [1.29, 1.82) is 0 Å². The highest BCUT2D eigenvalue weighted by atomic mass is 16.5. The minimum Gasteiger partial charge on any atom is -0.457 e. The van der Waals surface area contributed by atoms with E-state index in [0.717, 1.165) is 23.4 Å². The summed E-state index contributed by atoms with van der Waals surface area (Å²) in [6.07, 6.45) is 1.06. The number of nitrogens with zero attached hydrogens (tertiary/aromatic N) is 1. The lowest BCUT2D eigenvalue weighted by atomic mass is 9.87. The third-order valence-electron chi connectivity index (χ3n) is 6.24. The Balaban J connectivity index is 1.36. The maximum absolute atomic E-state index is 12.9. The van der Waals surface area contributed by atoms with Crippen LogP contribution in [0.15, 0.2) is 72.8 Å². The molecule has 1 N–H and O–H groups in total. The lowest BCUT2D eigenvalue weighted by Crippen LogP contribution is -2.28. The molecule has 1 aliphatic rings. The van der Waals surface area contributed by atoms with Gasteiger partial charge in [-0.05, 0) is 65.4 Å². The van der Waals surface area contributed by atoms with Gasteiger partial charge in [0.05, 0.1) is 5.92 Å². The normalized spacial score (nSPS) is 15.9. The third kappa shape index (κ3) is 5.30. The van der Waals surface area contributed by atoms with Crippen LogP contribution in [0, 0.1) is 5.92 Å². The van der Waals surface area contributed by atoms with Crippen molar-refractivity contribution in [2.24, 2.45) is 5.92 Å². The van der Waals surface area contributed by atoms with Gasteiger partial charge in [0, 0.05) is 24.3 Å². The van der Waals surface area contributed by atoms with Gasteiger partial charge in [0.1, 0.15) is 11.5 Å². The third-order valence-corrected chi connectivity index (χ3v) is 6.24. The number of aryl methyl sites for hydroxylation is 1. The highest BCUT2D eigenvalue weighted by molar-refractivity contribution is 6.03. The summed E-state index contributed by atoms with van der Waals surface area (Å²) in [6, 6.07) is 23.3. The highest BCUT2D eigenvalue weighted by Gasteiger charge is 2.35. The zero-order valence-electron chi connectivity index (χ0n) is 20.3. The summed E-state index contributed by atoms with van der Waals surface area (Å²) in [5.74, 6) is 0.926. The van der Waals surface area contributed by atoms with Gasteiger partial charge in [-0.1, -0.05) is 58.0 Å². The van der Waals surface area contributed by atoms with Gasteiger partial charge in [-0.2, -0.15) is 0 Å². The molecule has 0 spiro atoms. The molecule has 5 nitrogen and oxygen atoms in total. The van der Waals surface area contributed by atoms with E-state index in [2.05, 4.69) is 45.1 Å². The standard InChI is InChI=1S/C29H32N2O3/c1-5-20-8-6-7-9-26(20)31-19-21(18-27(31)32)28(33)30-23-12-16-25(17-13-23)34-24-14-10-22(11-15-24)29(2,3)4/h6-17,21H,5,18-19H2,1-4H3,(H,30,33)/t21-/m0/s1. The first-order chi connectivity index (χ1) is 16.2. The molecule has 4 rings (SSSR count). The Kier molecular flexibility index (Phi) is 6.73. The van der Waals surface area contributed by atoms with E-state index in [1.165, 1.54) is 5.56 Å². The molecular formula is C29H32N2O3. The number of benzene rings is 3. The Morgan fingerprint density at radius 1 is 0.971 bits per heavy atom. The molecule has 0 aliphatic carbocycles. The van der Waals surface area contributed by atoms with Crippen molar-refractivity contribution in [2.45, 2.75) is 46.0 Å². The van der Waals surface area contributed by atoms with E-state index < -0.39 is 0 Å². The minimum atomic E-state index is -0.380. The van der Waals surface area contributed by atoms with Crippen LogP contribution in [-0.2, 0) is 21.4 Å². The molecule has 176 valence electrons. The molecular weight excluding hydrogens is 424 g/mol. The molecule has 2 amide bonds. The second-order valence-electron chi connectivity index (χ2n) is 9.78. The average molecular weight is 457 g/mol. The van der Waals surface area contributed by atoms with Gasteiger partial charge >= 0.3 is 0 Å². The van der Waals surface area contributed by atoms with Crippen LogP contribution in [0.1, 0.15) is 45.2 Å². The van der Waals surface area contributed by atoms with Crippen LogP contribution in [0.2, 0.25) is 0 Å². The van der Waals surface area contributed by atoms with Crippen molar-refractivity contribution in [2.75, 3.05) is 16.8 Å². The highest BCUT2D eigenvalue weighted by Crippen LogP contribution is 2.30. The van der Waals surface area contributed by atoms with Crippen molar-refractivity contribution in [3.63, 3.8) is 0 Å². The van der Waals surface area contributed by atoms with Crippen LogP contribution in [0.4, 0.5) is 11.4 Å². The van der Waals surface area contributed by atoms with Crippen molar-refractivity contribution >= 4 is 23.2 Å². The summed E-state index contributed by atoms with van der Waals surface area (Å²) in [5, 5.41) is 2.95. The molecule has 0 unspecified atom stereocenters. The summed E-state index contributed by atoms with van der Waals surface area (Å²) in [7, 11) is 0. The Bertz CT molecular complexity index is 1160. The summed E-state index contributed by atoms with van der Waals surface area (Å²) < 4.78 is 5.94. The number of ether oxygens (including phenoxy) is 1. The van der Waals surface area contributed by atoms with Crippen molar-refractivity contribution in [3.05, 3.63) is 83.9 Å². The smallest absolute Gasteiger partial charge is 0.229 e. The molecule has 0 saturated carbocycles. The molecule has 3 aromatic carbocycles. The molecule has 5 heteroatoms.